The number of rotatable bonds is 2. The van der Waals surface area contributed by atoms with E-state index in [4.69, 9.17) is 13.0 Å². The molecule has 0 amide bonds. The number of nitrogens with one attached hydrogen (secondary N) is 1. The van der Waals surface area contributed by atoms with Crippen LogP contribution >= 0.6 is 0 Å². The van der Waals surface area contributed by atoms with Crippen LogP contribution in [0.1, 0.15) is 5.56 Å². The molecule has 2 heterocycles. The van der Waals surface area contributed by atoms with Gasteiger partial charge in [-0.15, -0.1) is 0 Å². The molecule has 0 bridgehead atoms. The predicted octanol–water partition coefficient (Wildman–Crippen LogP) is 0.911. The third kappa shape index (κ3) is 1.78. The molecule has 0 saturated carbocycles. The van der Waals surface area contributed by atoms with E-state index in [0.29, 0.717) is 5.59 Å². The Hall–Kier alpha value is -2.14. The Bertz CT molecular complexity index is 691. The van der Waals surface area contributed by atoms with E-state index in [1.165, 1.54) is 6.33 Å². The molecule has 2 N–H and O–H groups in total. The summed E-state index contributed by atoms with van der Waals surface area (Å²) in [5.41, 5.74) is 4.03. The first-order chi connectivity index (χ1) is 8.78. The van der Waals surface area contributed by atoms with E-state index in [2.05, 4.69) is 15.0 Å². The van der Waals surface area contributed by atoms with Crippen molar-refractivity contribution in [1.82, 2.24) is 15.0 Å². The molecule has 0 unspecified atom stereocenters. The fourth-order valence-electron chi connectivity index (χ4n) is 1.90. The third-order valence-corrected chi connectivity index (χ3v) is 2.90. The lowest BCUT2D eigenvalue weighted by atomic mass is 10.0. The van der Waals surface area contributed by atoms with Crippen LogP contribution in [0.5, 0.6) is 0 Å². The first kappa shape index (κ1) is 11.0. The molecule has 0 spiro atoms. The van der Waals surface area contributed by atoms with Crippen LogP contribution in [0.4, 0.5) is 0 Å². The normalized spacial score (nSPS) is 10.9. The zero-order valence-electron chi connectivity index (χ0n) is 9.59. The minimum Gasteiger partial charge on any atom is -0.392 e. The van der Waals surface area contributed by atoms with Crippen molar-refractivity contribution in [3.05, 3.63) is 42.2 Å². The quantitative estimate of drug-likeness (QED) is 0.649. The van der Waals surface area contributed by atoms with Gasteiger partial charge in [-0.25, -0.2) is 4.98 Å². The monoisotopic (exact) mass is 235 g/mol. The van der Waals surface area contributed by atoms with Gasteiger partial charge in [0.25, 0.3) is 0 Å². The molecule has 2 radical (unpaired) electrons. The van der Waals surface area contributed by atoms with Crippen molar-refractivity contribution in [3.63, 3.8) is 0 Å². The number of aliphatic hydroxyl groups is 1. The Balaban J connectivity index is 2.10. The molecule has 0 saturated heterocycles. The van der Waals surface area contributed by atoms with Crippen LogP contribution in [0, 0.1) is 0 Å². The average molecular weight is 235 g/mol. The minimum atomic E-state index is 0.0470. The van der Waals surface area contributed by atoms with Crippen molar-refractivity contribution in [2.75, 3.05) is 0 Å². The highest BCUT2D eigenvalue weighted by molar-refractivity contribution is 6.36. The smallest absolute Gasteiger partial charge is 0.142 e. The van der Waals surface area contributed by atoms with Gasteiger partial charge in [0.15, 0.2) is 0 Å². The molecule has 18 heavy (non-hydrogen) atoms. The summed E-state index contributed by atoms with van der Waals surface area (Å²) in [6.07, 6.45) is 1.44. The van der Waals surface area contributed by atoms with Gasteiger partial charge in [-0.05, 0) is 17.2 Å². The number of hydrogen-bond donors (Lipinski definition) is 2. The number of aliphatic hydroxyl groups excluding tert-OH is 1. The molecule has 0 atom stereocenters. The summed E-state index contributed by atoms with van der Waals surface area (Å²) in [6.45, 7) is 0.0470. The Morgan fingerprint density at radius 1 is 1.17 bits per heavy atom. The van der Waals surface area contributed by atoms with Gasteiger partial charge in [-0.1, -0.05) is 24.3 Å². The van der Waals surface area contributed by atoms with Gasteiger partial charge in [0.1, 0.15) is 19.8 Å². The summed E-state index contributed by atoms with van der Waals surface area (Å²) < 4.78 is 0. The summed E-state index contributed by atoms with van der Waals surface area (Å²) in [4.78, 5) is 11.3. The van der Waals surface area contributed by atoms with Crippen LogP contribution < -0.4 is 5.59 Å². The van der Waals surface area contributed by atoms with E-state index in [1.54, 1.807) is 0 Å². The number of fused-ring (bicyclic) bond motifs is 1. The van der Waals surface area contributed by atoms with E-state index < -0.39 is 0 Å². The fraction of sp³-hybridized carbons (Fsp3) is 0.0769. The number of hydrogen-bond acceptors (Lipinski definition) is 3. The summed E-state index contributed by atoms with van der Waals surface area (Å²) in [7, 11) is 5.79. The molecule has 1 aromatic carbocycles. The molecular formula is C13H10BN3O. The highest BCUT2D eigenvalue weighted by atomic mass is 16.3. The molecule has 0 fully saturated rings. The molecule has 3 aromatic rings. The van der Waals surface area contributed by atoms with Gasteiger partial charge >= 0.3 is 0 Å². The fourth-order valence-corrected chi connectivity index (χ4v) is 1.90. The zero-order chi connectivity index (χ0) is 12.5. The van der Waals surface area contributed by atoms with Crippen LogP contribution in [-0.4, -0.2) is 27.9 Å². The van der Waals surface area contributed by atoms with E-state index in [0.717, 1.165) is 27.9 Å². The maximum absolute atomic E-state index is 9.01. The molecule has 2 aromatic heterocycles. The van der Waals surface area contributed by atoms with Gasteiger partial charge in [0.05, 0.1) is 6.61 Å². The molecule has 5 heteroatoms. The Morgan fingerprint density at radius 2 is 1.94 bits per heavy atom. The van der Waals surface area contributed by atoms with E-state index in [1.807, 2.05) is 30.3 Å². The third-order valence-electron chi connectivity index (χ3n) is 2.90. The summed E-state index contributed by atoms with van der Waals surface area (Å²) >= 11 is 0. The molecule has 4 nitrogen and oxygen atoms in total. The van der Waals surface area contributed by atoms with Crippen molar-refractivity contribution < 1.29 is 5.11 Å². The average Bonchev–Trinajstić information content (AvgIpc) is 2.84. The second-order valence-corrected chi connectivity index (χ2v) is 4.06. The molecule has 0 aliphatic heterocycles. The van der Waals surface area contributed by atoms with E-state index in [-0.39, 0.29) is 6.61 Å². The van der Waals surface area contributed by atoms with E-state index in [9.17, 15) is 0 Å². The maximum atomic E-state index is 9.01. The van der Waals surface area contributed by atoms with Gasteiger partial charge in [0, 0.05) is 16.7 Å². The second-order valence-electron chi connectivity index (χ2n) is 4.06. The number of benzene rings is 1. The van der Waals surface area contributed by atoms with Crippen molar-refractivity contribution in [1.29, 1.82) is 0 Å². The summed E-state index contributed by atoms with van der Waals surface area (Å²) in [5.74, 6) is 0. The number of nitrogens with zero attached hydrogens (tertiary/aromatic N) is 2. The van der Waals surface area contributed by atoms with E-state index >= 15 is 0 Å². The lowest BCUT2D eigenvalue weighted by molar-refractivity contribution is 0.282. The van der Waals surface area contributed by atoms with Gasteiger partial charge in [-0.2, -0.15) is 0 Å². The SMILES string of the molecule is [B]c1ncnc2[nH]c(-c3ccc(CO)cc3)cc12. The lowest BCUT2D eigenvalue weighted by Crippen LogP contribution is -2.08. The van der Waals surface area contributed by atoms with Crippen LogP contribution in [-0.2, 0) is 6.61 Å². The number of H-pyrrole nitrogens is 1. The van der Waals surface area contributed by atoms with Crippen LogP contribution in [0.15, 0.2) is 36.7 Å². The summed E-state index contributed by atoms with van der Waals surface area (Å²) in [5, 5.41) is 9.83. The summed E-state index contributed by atoms with van der Waals surface area (Å²) in [6, 6.07) is 9.59. The minimum absolute atomic E-state index is 0.0470. The number of aromatic amines is 1. The molecule has 86 valence electrons. The first-order valence-corrected chi connectivity index (χ1v) is 5.57. The van der Waals surface area contributed by atoms with Crippen molar-refractivity contribution >= 4 is 24.5 Å². The van der Waals surface area contributed by atoms with Crippen LogP contribution in [0.2, 0.25) is 0 Å². The molecule has 3 rings (SSSR count). The predicted molar refractivity (Wildman–Crippen MR) is 70.6 cm³/mol. The second kappa shape index (κ2) is 4.27. The number of aromatic nitrogens is 3. The highest BCUT2D eigenvalue weighted by Gasteiger charge is 2.06. The molecule has 0 aliphatic carbocycles. The molecule has 0 aliphatic rings. The lowest BCUT2D eigenvalue weighted by Gasteiger charge is -1.99. The zero-order valence-corrected chi connectivity index (χ0v) is 9.59. The van der Waals surface area contributed by atoms with Crippen molar-refractivity contribution in [2.45, 2.75) is 6.61 Å². The Morgan fingerprint density at radius 3 is 2.61 bits per heavy atom. The Labute approximate surface area is 105 Å². The van der Waals surface area contributed by atoms with Gasteiger partial charge in [-0.3, -0.25) is 4.98 Å². The van der Waals surface area contributed by atoms with Crippen LogP contribution in [0.3, 0.4) is 0 Å². The topological polar surface area (TPSA) is 61.8 Å². The van der Waals surface area contributed by atoms with Crippen LogP contribution in [0.25, 0.3) is 22.3 Å². The largest absolute Gasteiger partial charge is 0.392 e. The van der Waals surface area contributed by atoms with Crippen molar-refractivity contribution in [2.24, 2.45) is 0 Å². The maximum Gasteiger partial charge on any atom is 0.142 e. The van der Waals surface area contributed by atoms with Crippen molar-refractivity contribution in [3.8, 4) is 11.3 Å². The standard InChI is InChI=1S/C13H10BN3O/c14-12-10-5-11(17-13(10)16-7-15-12)9-3-1-8(6-18)2-4-9/h1-5,7,18H,6H2,(H,15,16,17). The van der Waals surface area contributed by atoms with Gasteiger partial charge in [0.2, 0.25) is 0 Å². The first-order valence-electron chi connectivity index (χ1n) is 5.57. The Kier molecular flexibility index (Phi) is 2.61. The highest BCUT2D eigenvalue weighted by Crippen LogP contribution is 2.22. The van der Waals surface area contributed by atoms with Gasteiger partial charge < -0.3 is 10.1 Å². The molecular weight excluding hydrogens is 225 g/mol.